The molecule has 1 aromatic carbocycles. The highest BCUT2D eigenvalue weighted by atomic mass is 32.1. The summed E-state index contributed by atoms with van der Waals surface area (Å²) in [6.45, 7) is 14.9. The number of thiophene rings is 2. The quantitative estimate of drug-likeness (QED) is 0.278. The Labute approximate surface area is 180 Å². The van der Waals surface area contributed by atoms with Crippen LogP contribution in [0.3, 0.4) is 0 Å². The Bertz CT molecular complexity index is 1370. The van der Waals surface area contributed by atoms with Gasteiger partial charge in [-0.05, 0) is 29.8 Å². The smallest absolute Gasteiger partial charge is 0.263 e. The number of aromatic nitrogens is 1. The Morgan fingerprint density at radius 2 is 1.40 bits per heavy atom. The summed E-state index contributed by atoms with van der Waals surface area (Å²) in [5, 5.41) is 18.2. The van der Waals surface area contributed by atoms with Crippen molar-refractivity contribution >= 4 is 55.3 Å². The van der Waals surface area contributed by atoms with Gasteiger partial charge in [-0.3, -0.25) is 0 Å². The molecule has 0 spiro atoms. The van der Waals surface area contributed by atoms with Gasteiger partial charge in [0.25, 0.3) is 11.4 Å². The van der Waals surface area contributed by atoms with E-state index in [1.54, 1.807) is 12.2 Å². The molecule has 0 N–H and O–H groups in total. The molecule has 3 aromatic heterocycles. The van der Waals surface area contributed by atoms with Gasteiger partial charge >= 0.3 is 0 Å². The van der Waals surface area contributed by atoms with Crippen molar-refractivity contribution in [2.75, 3.05) is 0 Å². The molecule has 0 fully saturated rings. The zero-order valence-electron chi connectivity index (χ0n) is 15.5. The van der Waals surface area contributed by atoms with E-state index in [0.29, 0.717) is 6.54 Å². The molecule has 0 amide bonds. The molecule has 4 rings (SSSR count). The van der Waals surface area contributed by atoms with Crippen molar-refractivity contribution in [1.29, 1.82) is 10.5 Å². The van der Waals surface area contributed by atoms with E-state index in [4.69, 9.17) is 23.7 Å². The van der Waals surface area contributed by atoms with Crippen molar-refractivity contribution in [3.8, 4) is 12.1 Å². The van der Waals surface area contributed by atoms with Crippen molar-refractivity contribution in [2.24, 2.45) is 0 Å². The number of hydrogen-bond donors (Lipinski definition) is 0. The standard InChI is InChI=1S/C23H11N5S2/c1-26-16(12-24)8-18-10-20-22(29-18)23-21(11-19(30-23)9-17(13-25)27-2)28(20)14-15-6-4-3-5-7-15/h3-11H,14H2/b16-8-,17-9+. The minimum absolute atomic E-state index is 0.0512. The molecule has 0 saturated heterocycles. The monoisotopic (exact) mass is 421 g/mol. The highest BCUT2D eigenvalue weighted by Gasteiger charge is 2.17. The number of nitriles is 2. The van der Waals surface area contributed by atoms with E-state index in [-0.39, 0.29) is 11.4 Å². The van der Waals surface area contributed by atoms with E-state index < -0.39 is 0 Å². The number of hydrogen-bond acceptors (Lipinski definition) is 4. The first-order valence-corrected chi connectivity index (χ1v) is 10.4. The van der Waals surface area contributed by atoms with E-state index in [1.807, 2.05) is 42.5 Å². The first-order chi connectivity index (χ1) is 14.7. The van der Waals surface area contributed by atoms with Gasteiger partial charge in [-0.2, -0.15) is 0 Å². The molecule has 7 heteroatoms. The van der Waals surface area contributed by atoms with Gasteiger partial charge in [-0.15, -0.1) is 22.7 Å². The summed E-state index contributed by atoms with van der Waals surface area (Å²) >= 11 is 3.07. The van der Waals surface area contributed by atoms with Crippen LogP contribution in [0.2, 0.25) is 0 Å². The fourth-order valence-electron chi connectivity index (χ4n) is 3.18. The third kappa shape index (κ3) is 3.48. The average molecular weight is 422 g/mol. The van der Waals surface area contributed by atoms with Gasteiger partial charge in [0.2, 0.25) is 0 Å². The van der Waals surface area contributed by atoms with Gasteiger partial charge in [-0.1, -0.05) is 30.3 Å². The van der Waals surface area contributed by atoms with Crippen LogP contribution in [0.5, 0.6) is 0 Å². The zero-order chi connectivity index (χ0) is 21.1. The molecule has 30 heavy (non-hydrogen) atoms. The second-order valence-corrected chi connectivity index (χ2v) is 8.47. The van der Waals surface area contributed by atoms with Gasteiger partial charge in [0.15, 0.2) is 0 Å². The van der Waals surface area contributed by atoms with E-state index in [0.717, 1.165) is 35.8 Å². The Morgan fingerprint density at radius 1 is 0.900 bits per heavy atom. The predicted octanol–water partition coefficient (Wildman–Crippen LogP) is 6.53. The predicted molar refractivity (Wildman–Crippen MR) is 121 cm³/mol. The van der Waals surface area contributed by atoms with Crippen molar-refractivity contribution in [1.82, 2.24) is 4.57 Å². The lowest BCUT2D eigenvalue weighted by atomic mass is 10.2. The lowest BCUT2D eigenvalue weighted by molar-refractivity contribution is 0.870. The van der Waals surface area contributed by atoms with E-state index >= 15 is 0 Å². The second-order valence-electron chi connectivity index (χ2n) is 6.30. The number of nitrogens with zero attached hydrogens (tertiary/aromatic N) is 5. The van der Waals surface area contributed by atoms with Crippen LogP contribution in [0.25, 0.3) is 42.3 Å². The maximum Gasteiger partial charge on any atom is 0.263 e. The molecule has 140 valence electrons. The summed E-state index contributed by atoms with van der Waals surface area (Å²) in [6, 6.07) is 17.9. The molecule has 0 aliphatic carbocycles. The van der Waals surface area contributed by atoms with Crippen LogP contribution in [0.15, 0.2) is 53.9 Å². The van der Waals surface area contributed by atoms with Crippen molar-refractivity contribution in [3.63, 3.8) is 0 Å². The summed E-state index contributed by atoms with van der Waals surface area (Å²) in [6.07, 6.45) is 3.22. The van der Waals surface area contributed by atoms with Crippen LogP contribution in [0.1, 0.15) is 15.3 Å². The molecule has 0 aliphatic rings. The van der Waals surface area contributed by atoms with Gasteiger partial charge in [0.05, 0.1) is 45.7 Å². The topological polar surface area (TPSA) is 61.2 Å². The number of allylic oxidation sites excluding steroid dienone is 2. The molecular weight excluding hydrogens is 410 g/mol. The summed E-state index contributed by atoms with van der Waals surface area (Å²) in [7, 11) is 0. The molecule has 0 atom stereocenters. The van der Waals surface area contributed by atoms with Crippen LogP contribution < -0.4 is 0 Å². The minimum atomic E-state index is 0.0512. The number of fused-ring (bicyclic) bond motifs is 3. The van der Waals surface area contributed by atoms with E-state index in [2.05, 4.69) is 26.4 Å². The Hall–Kier alpha value is -4.14. The fraction of sp³-hybridized carbons (Fsp3) is 0.0435. The van der Waals surface area contributed by atoms with Crippen LogP contribution in [-0.2, 0) is 6.54 Å². The van der Waals surface area contributed by atoms with Gasteiger partial charge in [0.1, 0.15) is 0 Å². The third-order valence-corrected chi connectivity index (χ3v) is 6.77. The second kappa shape index (κ2) is 8.08. The van der Waals surface area contributed by atoms with Gasteiger partial charge in [0, 0.05) is 16.3 Å². The highest BCUT2D eigenvalue weighted by Crippen LogP contribution is 2.41. The van der Waals surface area contributed by atoms with Gasteiger partial charge in [-0.25, -0.2) is 20.2 Å². The molecule has 0 radical (unpaired) electrons. The normalized spacial score (nSPS) is 11.7. The number of rotatable bonds is 4. The zero-order valence-corrected chi connectivity index (χ0v) is 17.1. The molecule has 0 saturated carbocycles. The molecule has 4 aromatic rings. The third-order valence-electron chi connectivity index (χ3n) is 4.46. The lowest BCUT2D eigenvalue weighted by Crippen LogP contribution is -1.98. The Balaban J connectivity index is 1.94. The van der Waals surface area contributed by atoms with Crippen LogP contribution in [0, 0.1) is 35.8 Å². The van der Waals surface area contributed by atoms with Crippen molar-refractivity contribution in [3.05, 3.63) is 92.0 Å². The average Bonchev–Trinajstić information content (AvgIpc) is 3.44. The van der Waals surface area contributed by atoms with Crippen LogP contribution >= 0.6 is 22.7 Å². The maximum atomic E-state index is 9.08. The minimum Gasteiger partial charge on any atom is -0.335 e. The fourth-order valence-corrected chi connectivity index (χ4v) is 5.53. The SMILES string of the molecule is [C-]#[N+]/C(C#N)=C\c1cc2c(s1)c1sc(/C=C(\C#N)[N+]#[C-])cc1n2Cc1ccccc1. The first kappa shape index (κ1) is 19.2. The Kier molecular flexibility index (Phi) is 5.17. The van der Waals surface area contributed by atoms with E-state index in [1.165, 1.54) is 22.7 Å². The molecule has 0 unspecified atom stereocenters. The highest BCUT2D eigenvalue weighted by molar-refractivity contribution is 7.28. The largest absolute Gasteiger partial charge is 0.335 e. The van der Waals surface area contributed by atoms with Gasteiger partial charge < -0.3 is 4.57 Å². The summed E-state index contributed by atoms with van der Waals surface area (Å²) in [4.78, 5) is 8.20. The summed E-state index contributed by atoms with van der Waals surface area (Å²) in [5.41, 5.74) is 3.34. The first-order valence-electron chi connectivity index (χ1n) is 8.75. The van der Waals surface area contributed by atoms with Crippen molar-refractivity contribution in [2.45, 2.75) is 6.54 Å². The lowest BCUT2D eigenvalue weighted by Gasteiger charge is -2.06. The molecule has 0 bridgehead atoms. The Morgan fingerprint density at radius 3 is 1.83 bits per heavy atom. The summed E-state index contributed by atoms with van der Waals surface area (Å²) < 4.78 is 4.34. The molecule has 0 aliphatic heterocycles. The van der Waals surface area contributed by atoms with Crippen molar-refractivity contribution < 1.29 is 0 Å². The maximum absolute atomic E-state index is 9.08. The van der Waals surface area contributed by atoms with E-state index in [9.17, 15) is 0 Å². The summed E-state index contributed by atoms with van der Waals surface area (Å²) in [5.74, 6) is 0. The molecule has 3 heterocycles. The van der Waals surface area contributed by atoms with Crippen LogP contribution in [0.4, 0.5) is 0 Å². The molecular formula is C23H11N5S2. The molecule has 5 nitrogen and oxygen atoms in total. The number of benzene rings is 1. The van der Waals surface area contributed by atoms with Crippen LogP contribution in [-0.4, -0.2) is 4.57 Å².